The number of nitrogen functional groups attached to an aromatic ring is 1. The Morgan fingerprint density at radius 1 is 1.28 bits per heavy atom. The van der Waals surface area contributed by atoms with Crippen molar-refractivity contribution in [3.8, 4) is 0 Å². The summed E-state index contributed by atoms with van der Waals surface area (Å²) in [5, 5.41) is 0.554. The molecule has 2 aromatic rings. The third-order valence-corrected chi connectivity index (χ3v) is 3.10. The number of hydrogen-bond donors (Lipinski definition) is 2. The Bertz CT molecular complexity index is 537. The number of benzene rings is 1. The van der Waals surface area contributed by atoms with Crippen LogP contribution in [0.2, 0.25) is 5.02 Å². The van der Waals surface area contributed by atoms with Crippen LogP contribution in [0, 0.1) is 6.92 Å². The molecule has 1 heterocycles. The first-order valence-corrected chi connectivity index (χ1v) is 6.16. The van der Waals surface area contributed by atoms with Crippen molar-refractivity contribution >= 4 is 17.4 Å². The predicted octanol–water partition coefficient (Wildman–Crippen LogP) is 2.87. The molecule has 4 heteroatoms. The first-order chi connectivity index (χ1) is 8.56. The Hall–Kier alpha value is -1.58. The van der Waals surface area contributed by atoms with Crippen LogP contribution < -0.4 is 11.5 Å². The lowest BCUT2D eigenvalue weighted by Crippen LogP contribution is -2.16. The smallest absolute Gasteiger partial charge is 0.128 e. The van der Waals surface area contributed by atoms with Crippen LogP contribution in [0.3, 0.4) is 0 Å². The maximum Gasteiger partial charge on any atom is 0.128 e. The summed E-state index contributed by atoms with van der Waals surface area (Å²) in [6.45, 7) is 2.06. The van der Waals surface area contributed by atoms with E-state index in [1.807, 2.05) is 0 Å². The summed E-state index contributed by atoms with van der Waals surface area (Å²) < 4.78 is 0. The van der Waals surface area contributed by atoms with E-state index in [4.69, 9.17) is 23.1 Å². The Kier molecular flexibility index (Phi) is 3.84. The normalized spacial score (nSPS) is 12.4. The molecule has 1 aromatic carbocycles. The van der Waals surface area contributed by atoms with Gasteiger partial charge in [0.2, 0.25) is 0 Å². The summed E-state index contributed by atoms with van der Waals surface area (Å²) in [6, 6.07) is 9.87. The van der Waals surface area contributed by atoms with E-state index in [1.165, 1.54) is 17.3 Å². The number of halogens is 1. The largest absolute Gasteiger partial charge is 0.383 e. The predicted molar refractivity (Wildman–Crippen MR) is 75.5 cm³/mol. The second kappa shape index (κ2) is 5.38. The van der Waals surface area contributed by atoms with Crippen molar-refractivity contribution in [2.45, 2.75) is 19.4 Å². The van der Waals surface area contributed by atoms with Gasteiger partial charge in [-0.15, -0.1) is 0 Å². The molecule has 0 aliphatic carbocycles. The summed E-state index contributed by atoms with van der Waals surface area (Å²) in [4.78, 5) is 4.02. The maximum atomic E-state index is 6.16. The lowest BCUT2D eigenvalue weighted by Gasteiger charge is -2.14. The third kappa shape index (κ3) is 3.00. The molecule has 94 valence electrons. The van der Waals surface area contributed by atoms with Crippen LogP contribution in [0.5, 0.6) is 0 Å². The molecule has 0 aliphatic rings. The number of hydrogen-bond acceptors (Lipinski definition) is 3. The fraction of sp³-hybridized carbons (Fsp3) is 0.214. The van der Waals surface area contributed by atoms with E-state index in [0.29, 0.717) is 17.3 Å². The molecule has 3 nitrogen and oxygen atoms in total. The molecule has 0 amide bonds. The van der Waals surface area contributed by atoms with Gasteiger partial charge in [0.05, 0.1) is 5.02 Å². The van der Waals surface area contributed by atoms with Gasteiger partial charge in [-0.25, -0.2) is 4.98 Å². The van der Waals surface area contributed by atoms with Crippen molar-refractivity contribution in [2.24, 2.45) is 5.73 Å². The molecule has 1 aromatic heterocycles. The van der Waals surface area contributed by atoms with Gasteiger partial charge < -0.3 is 11.5 Å². The van der Waals surface area contributed by atoms with Gasteiger partial charge in [0, 0.05) is 17.8 Å². The topological polar surface area (TPSA) is 64.9 Å². The minimum atomic E-state index is -0.195. The lowest BCUT2D eigenvalue weighted by molar-refractivity contribution is 0.721. The number of anilines is 1. The summed E-state index contributed by atoms with van der Waals surface area (Å²) in [6.07, 6.45) is 2.24. The van der Waals surface area contributed by atoms with Gasteiger partial charge in [0.15, 0.2) is 0 Å². The molecule has 0 spiro atoms. The first kappa shape index (κ1) is 12.9. The van der Waals surface area contributed by atoms with Gasteiger partial charge in [0.1, 0.15) is 5.82 Å². The summed E-state index contributed by atoms with van der Waals surface area (Å²) >= 11 is 5.91. The van der Waals surface area contributed by atoms with Crippen molar-refractivity contribution in [3.63, 3.8) is 0 Å². The standard InChI is InChI=1S/C14H16ClN3/c1-9-2-4-10(5-3-9)6-13(16)12-7-11(15)8-18-14(12)17/h2-5,7-8,13H,6,16H2,1H3,(H2,17,18). The van der Waals surface area contributed by atoms with Crippen LogP contribution in [0.25, 0.3) is 0 Å². The molecule has 18 heavy (non-hydrogen) atoms. The van der Waals surface area contributed by atoms with Crippen molar-refractivity contribution < 1.29 is 0 Å². The van der Waals surface area contributed by atoms with E-state index in [0.717, 1.165) is 5.56 Å². The molecule has 2 rings (SSSR count). The summed E-state index contributed by atoms with van der Waals surface area (Å²) in [5.74, 6) is 0.444. The monoisotopic (exact) mass is 261 g/mol. The number of aromatic nitrogens is 1. The molecule has 0 fully saturated rings. The highest BCUT2D eigenvalue weighted by molar-refractivity contribution is 6.30. The highest BCUT2D eigenvalue weighted by Gasteiger charge is 2.12. The van der Waals surface area contributed by atoms with Crippen LogP contribution in [0.1, 0.15) is 22.7 Å². The van der Waals surface area contributed by atoms with E-state index >= 15 is 0 Å². The second-order valence-corrected chi connectivity index (χ2v) is 4.86. The van der Waals surface area contributed by atoms with Crippen LogP contribution in [-0.2, 0) is 6.42 Å². The van der Waals surface area contributed by atoms with Gasteiger partial charge in [-0.2, -0.15) is 0 Å². The quantitative estimate of drug-likeness (QED) is 0.893. The van der Waals surface area contributed by atoms with Crippen LogP contribution in [0.4, 0.5) is 5.82 Å². The molecule has 4 N–H and O–H groups in total. The van der Waals surface area contributed by atoms with Crippen LogP contribution in [0.15, 0.2) is 36.5 Å². The number of nitrogens with zero attached hydrogens (tertiary/aromatic N) is 1. The van der Waals surface area contributed by atoms with Gasteiger partial charge in [-0.1, -0.05) is 41.4 Å². The van der Waals surface area contributed by atoms with Gasteiger partial charge in [0.25, 0.3) is 0 Å². The van der Waals surface area contributed by atoms with E-state index in [2.05, 4.69) is 36.2 Å². The van der Waals surface area contributed by atoms with Crippen molar-refractivity contribution in [1.82, 2.24) is 4.98 Å². The molecule has 1 atom stereocenters. The number of pyridine rings is 1. The van der Waals surface area contributed by atoms with Gasteiger partial charge >= 0.3 is 0 Å². The SMILES string of the molecule is Cc1ccc(CC(N)c2cc(Cl)cnc2N)cc1. The van der Waals surface area contributed by atoms with E-state index in [9.17, 15) is 0 Å². The molecule has 0 saturated carbocycles. The molecule has 0 saturated heterocycles. The molecular weight excluding hydrogens is 246 g/mol. The zero-order chi connectivity index (χ0) is 13.1. The number of rotatable bonds is 3. The average molecular weight is 262 g/mol. The third-order valence-electron chi connectivity index (χ3n) is 2.89. The Balaban J connectivity index is 2.18. The molecule has 0 aliphatic heterocycles. The fourth-order valence-electron chi connectivity index (χ4n) is 1.85. The zero-order valence-corrected chi connectivity index (χ0v) is 11.0. The maximum absolute atomic E-state index is 6.16. The number of aryl methyl sites for hydroxylation is 1. The Labute approximate surface area is 112 Å². The molecule has 1 unspecified atom stereocenters. The van der Waals surface area contributed by atoms with E-state index in [-0.39, 0.29) is 6.04 Å². The van der Waals surface area contributed by atoms with Crippen LogP contribution >= 0.6 is 11.6 Å². The zero-order valence-electron chi connectivity index (χ0n) is 10.2. The Morgan fingerprint density at radius 3 is 2.61 bits per heavy atom. The highest BCUT2D eigenvalue weighted by atomic mass is 35.5. The molecule has 0 bridgehead atoms. The second-order valence-electron chi connectivity index (χ2n) is 4.42. The van der Waals surface area contributed by atoms with Crippen LogP contribution in [-0.4, -0.2) is 4.98 Å². The lowest BCUT2D eigenvalue weighted by atomic mass is 9.99. The van der Waals surface area contributed by atoms with Crippen molar-refractivity contribution in [1.29, 1.82) is 0 Å². The molecular formula is C14H16ClN3. The fourth-order valence-corrected chi connectivity index (χ4v) is 2.02. The minimum Gasteiger partial charge on any atom is -0.383 e. The highest BCUT2D eigenvalue weighted by Crippen LogP contribution is 2.23. The van der Waals surface area contributed by atoms with Crippen molar-refractivity contribution in [3.05, 3.63) is 58.2 Å². The first-order valence-electron chi connectivity index (χ1n) is 5.78. The Morgan fingerprint density at radius 2 is 1.94 bits per heavy atom. The van der Waals surface area contributed by atoms with Gasteiger partial charge in [-0.3, -0.25) is 0 Å². The summed E-state index contributed by atoms with van der Waals surface area (Å²) in [5.41, 5.74) is 15.2. The van der Waals surface area contributed by atoms with E-state index < -0.39 is 0 Å². The van der Waals surface area contributed by atoms with Gasteiger partial charge in [-0.05, 0) is 25.0 Å². The molecule has 0 radical (unpaired) electrons. The van der Waals surface area contributed by atoms with E-state index in [1.54, 1.807) is 6.07 Å². The summed E-state index contributed by atoms with van der Waals surface area (Å²) in [7, 11) is 0. The average Bonchev–Trinajstić information content (AvgIpc) is 2.35. The number of nitrogens with two attached hydrogens (primary N) is 2. The van der Waals surface area contributed by atoms with Crippen molar-refractivity contribution in [2.75, 3.05) is 5.73 Å². The minimum absolute atomic E-state index is 0.195.